The van der Waals surface area contributed by atoms with Gasteiger partial charge in [0, 0.05) is 19.1 Å². The monoisotopic (exact) mass is 253 g/mol. The highest BCUT2D eigenvalue weighted by molar-refractivity contribution is 5.83. The van der Waals surface area contributed by atoms with Crippen LogP contribution in [0.25, 0.3) is 0 Å². The second-order valence-corrected chi connectivity index (χ2v) is 6.17. The quantitative estimate of drug-likeness (QED) is 0.783. The molecule has 0 spiro atoms. The van der Waals surface area contributed by atoms with Crippen LogP contribution in [0.4, 0.5) is 0 Å². The van der Waals surface area contributed by atoms with Crippen LogP contribution in [-0.2, 0) is 4.79 Å². The van der Waals surface area contributed by atoms with Gasteiger partial charge in [-0.05, 0) is 45.3 Å². The van der Waals surface area contributed by atoms with Crippen molar-refractivity contribution in [3.63, 3.8) is 0 Å². The van der Waals surface area contributed by atoms with Crippen LogP contribution in [0.1, 0.15) is 33.1 Å². The van der Waals surface area contributed by atoms with Crippen LogP contribution in [-0.4, -0.2) is 50.1 Å². The van der Waals surface area contributed by atoms with Crippen molar-refractivity contribution in [2.75, 3.05) is 33.2 Å². The lowest BCUT2D eigenvalue weighted by Crippen LogP contribution is -2.53. The molecule has 0 aromatic heterocycles. The number of likely N-dealkylation sites (tertiary alicyclic amines) is 1. The first-order valence-corrected chi connectivity index (χ1v) is 7.27. The molecule has 104 valence electrons. The molecular weight excluding hydrogens is 226 g/mol. The van der Waals surface area contributed by atoms with Crippen LogP contribution >= 0.6 is 0 Å². The van der Waals surface area contributed by atoms with Gasteiger partial charge < -0.3 is 15.5 Å². The zero-order valence-corrected chi connectivity index (χ0v) is 12.0. The Labute approximate surface area is 110 Å². The second kappa shape index (κ2) is 5.57. The van der Waals surface area contributed by atoms with Gasteiger partial charge in [-0.2, -0.15) is 0 Å². The predicted octanol–water partition coefficient (Wildman–Crippen LogP) is 0.833. The first-order valence-electron chi connectivity index (χ1n) is 7.27. The van der Waals surface area contributed by atoms with Gasteiger partial charge in [-0.15, -0.1) is 0 Å². The Morgan fingerprint density at radius 3 is 2.89 bits per heavy atom. The number of amides is 1. The van der Waals surface area contributed by atoms with Crippen LogP contribution in [0.2, 0.25) is 0 Å². The van der Waals surface area contributed by atoms with Gasteiger partial charge in [-0.3, -0.25) is 4.79 Å². The molecule has 4 nitrogen and oxygen atoms in total. The Kier molecular flexibility index (Phi) is 4.28. The molecule has 2 fully saturated rings. The molecule has 2 rings (SSSR count). The zero-order valence-electron chi connectivity index (χ0n) is 12.0. The van der Waals surface area contributed by atoms with E-state index in [4.69, 9.17) is 0 Å². The van der Waals surface area contributed by atoms with Crippen molar-refractivity contribution < 1.29 is 4.79 Å². The Morgan fingerprint density at radius 1 is 1.56 bits per heavy atom. The smallest absolute Gasteiger partial charge is 0.227 e. The maximum atomic E-state index is 12.5. The number of piperidine rings is 1. The summed E-state index contributed by atoms with van der Waals surface area (Å²) in [6.45, 7) is 8.37. The summed E-state index contributed by atoms with van der Waals surface area (Å²) in [4.78, 5) is 14.9. The number of carbonyl (C=O) groups is 1. The largest absolute Gasteiger partial charge is 0.352 e. The van der Waals surface area contributed by atoms with E-state index in [9.17, 15) is 4.79 Å². The van der Waals surface area contributed by atoms with E-state index < -0.39 is 0 Å². The van der Waals surface area contributed by atoms with Crippen LogP contribution in [0.3, 0.4) is 0 Å². The number of nitrogens with zero attached hydrogens (tertiary/aromatic N) is 1. The van der Waals surface area contributed by atoms with Gasteiger partial charge >= 0.3 is 0 Å². The van der Waals surface area contributed by atoms with Crippen LogP contribution in [0.5, 0.6) is 0 Å². The molecule has 2 saturated heterocycles. The van der Waals surface area contributed by atoms with E-state index in [1.165, 1.54) is 0 Å². The van der Waals surface area contributed by atoms with Crippen molar-refractivity contribution >= 4 is 5.91 Å². The number of rotatable bonds is 3. The molecule has 0 aromatic carbocycles. The summed E-state index contributed by atoms with van der Waals surface area (Å²) in [6, 6.07) is 0.359. The molecule has 1 amide bonds. The zero-order chi connectivity index (χ0) is 13.2. The first-order chi connectivity index (χ1) is 8.57. The molecule has 3 atom stereocenters. The molecule has 0 radical (unpaired) electrons. The normalized spacial score (nSPS) is 37.7. The third kappa shape index (κ3) is 2.69. The average molecular weight is 253 g/mol. The summed E-state index contributed by atoms with van der Waals surface area (Å²) in [5, 5.41) is 6.65. The third-order valence-corrected chi connectivity index (χ3v) is 4.83. The minimum Gasteiger partial charge on any atom is -0.352 e. The van der Waals surface area contributed by atoms with Crippen molar-refractivity contribution in [1.29, 1.82) is 0 Å². The summed E-state index contributed by atoms with van der Waals surface area (Å²) < 4.78 is 0. The van der Waals surface area contributed by atoms with E-state index in [2.05, 4.69) is 36.4 Å². The van der Waals surface area contributed by atoms with E-state index in [1.807, 2.05) is 0 Å². The summed E-state index contributed by atoms with van der Waals surface area (Å²) in [5.74, 6) is 0.826. The molecule has 0 aliphatic carbocycles. The topological polar surface area (TPSA) is 44.4 Å². The Bertz CT molecular complexity index is 299. The highest BCUT2D eigenvalue weighted by atomic mass is 16.2. The third-order valence-electron chi connectivity index (χ3n) is 4.83. The fourth-order valence-corrected chi connectivity index (χ4v) is 3.29. The highest BCUT2D eigenvalue weighted by Gasteiger charge is 2.40. The van der Waals surface area contributed by atoms with E-state index >= 15 is 0 Å². The minimum absolute atomic E-state index is 0.150. The lowest BCUT2D eigenvalue weighted by molar-refractivity contribution is -0.131. The van der Waals surface area contributed by atoms with Crippen LogP contribution < -0.4 is 10.6 Å². The second-order valence-electron chi connectivity index (χ2n) is 6.17. The Morgan fingerprint density at radius 2 is 2.33 bits per heavy atom. The first kappa shape index (κ1) is 13.8. The molecule has 3 unspecified atom stereocenters. The van der Waals surface area contributed by atoms with Crippen molar-refractivity contribution in [2.24, 2.45) is 11.3 Å². The van der Waals surface area contributed by atoms with Crippen molar-refractivity contribution in [2.45, 2.75) is 39.2 Å². The SMILES string of the molecule is CCC1(C(=O)NC2CCN(C)CC2C)CCNC1. The summed E-state index contributed by atoms with van der Waals surface area (Å²) in [5.41, 5.74) is -0.150. The van der Waals surface area contributed by atoms with Crippen LogP contribution in [0.15, 0.2) is 0 Å². The van der Waals surface area contributed by atoms with Gasteiger partial charge in [0.15, 0.2) is 0 Å². The number of hydrogen-bond donors (Lipinski definition) is 2. The lowest BCUT2D eigenvalue weighted by atomic mass is 9.82. The van der Waals surface area contributed by atoms with E-state index in [1.54, 1.807) is 0 Å². The maximum Gasteiger partial charge on any atom is 0.227 e. The fourth-order valence-electron chi connectivity index (χ4n) is 3.29. The molecule has 0 bridgehead atoms. The van der Waals surface area contributed by atoms with E-state index in [-0.39, 0.29) is 11.3 Å². The number of carbonyl (C=O) groups excluding carboxylic acids is 1. The molecule has 2 N–H and O–H groups in total. The standard InChI is InChI=1S/C14H27N3O/c1-4-14(6-7-15-10-14)13(18)16-12-5-8-17(3)9-11(12)2/h11-12,15H,4-10H2,1-3H3,(H,16,18). The van der Waals surface area contributed by atoms with Gasteiger partial charge in [-0.25, -0.2) is 0 Å². The summed E-state index contributed by atoms with van der Waals surface area (Å²) in [7, 11) is 2.16. The van der Waals surface area contributed by atoms with Gasteiger partial charge in [0.25, 0.3) is 0 Å². The van der Waals surface area contributed by atoms with Gasteiger partial charge in [0.05, 0.1) is 5.41 Å². The lowest BCUT2D eigenvalue weighted by Gasteiger charge is -2.37. The highest BCUT2D eigenvalue weighted by Crippen LogP contribution is 2.30. The van der Waals surface area contributed by atoms with Crippen molar-refractivity contribution in [3.05, 3.63) is 0 Å². The Hall–Kier alpha value is -0.610. The fraction of sp³-hybridized carbons (Fsp3) is 0.929. The van der Waals surface area contributed by atoms with Crippen molar-refractivity contribution in [1.82, 2.24) is 15.5 Å². The molecule has 2 heterocycles. The van der Waals surface area contributed by atoms with Gasteiger partial charge in [0.1, 0.15) is 0 Å². The van der Waals surface area contributed by atoms with Gasteiger partial charge in [-0.1, -0.05) is 13.8 Å². The van der Waals surface area contributed by atoms with E-state index in [0.717, 1.165) is 45.4 Å². The molecule has 2 aliphatic rings. The maximum absolute atomic E-state index is 12.5. The van der Waals surface area contributed by atoms with Crippen LogP contribution in [0, 0.1) is 11.3 Å². The van der Waals surface area contributed by atoms with Gasteiger partial charge in [0.2, 0.25) is 5.91 Å². The predicted molar refractivity (Wildman–Crippen MR) is 73.4 cm³/mol. The van der Waals surface area contributed by atoms with Crippen molar-refractivity contribution in [3.8, 4) is 0 Å². The molecule has 0 aromatic rings. The number of nitrogens with one attached hydrogen (secondary N) is 2. The number of hydrogen-bond acceptors (Lipinski definition) is 3. The Balaban J connectivity index is 1.94. The molecule has 0 saturated carbocycles. The average Bonchev–Trinajstić information content (AvgIpc) is 2.82. The summed E-state index contributed by atoms with van der Waals surface area (Å²) in [6.07, 6.45) is 3.00. The molecule has 4 heteroatoms. The minimum atomic E-state index is -0.150. The molecule has 2 aliphatic heterocycles. The summed E-state index contributed by atoms with van der Waals surface area (Å²) >= 11 is 0. The van der Waals surface area contributed by atoms with E-state index in [0.29, 0.717) is 12.0 Å². The molecular formula is C14H27N3O. The molecule has 18 heavy (non-hydrogen) atoms.